The minimum absolute atomic E-state index is 0.0134. The van der Waals surface area contributed by atoms with Crippen molar-refractivity contribution < 1.29 is 19.2 Å². The van der Waals surface area contributed by atoms with Crippen LogP contribution in [0.4, 0.5) is 5.69 Å². The van der Waals surface area contributed by atoms with E-state index in [1.54, 1.807) is 0 Å². The summed E-state index contributed by atoms with van der Waals surface area (Å²) in [6.07, 6.45) is 3.28. The first-order valence-corrected chi connectivity index (χ1v) is 13.1. The lowest BCUT2D eigenvalue weighted by atomic mass is 9.78. The van der Waals surface area contributed by atoms with Crippen molar-refractivity contribution in [3.05, 3.63) is 107 Å². The van der Waals surface area contributed by atoms with E-state index in [9.17, 15) is 14.7 Å². The summed E-state index contributed by atoms with van der Waals surface area (Å²) in [7, 11) is 0. The fourth-order valence-corrected chi connectivity index (χ4v) is 5.65. The predicted octanol–water partition coefficient (Wildman–Crippen LogP) is 7.01. The van der Waals surface area contributed by atoms with Gasteiger partial charge in [0.05, 0.1) is 28.2 Å². The number of benzene rings is 3. The van der Waals surface area contributed by atoms with Gasteiger partial charge in [-0.15, -0.1) is 0 Å². The van der Waals surface area contributed by atoms with Crippen LogP contribution in [-0.2, 0) is 17.6 Å². The lowest BCUT2D eigenvalue weighted by Gasteiger charge is -2.26. The van der Waals surface area contributed by atoms with E-state index in [2.05, 4.69) is 5.16 Å². The Morgan fingerprint density at radius 1 is 0.921 bits per heavy atom. The van der Waals surface area contributed by atoms with Crippen molar-refractivity contribution in [3.8, 4) is 0 Å². The average molecular weight is 505 g/mol. The monoisotopic (exact) mass is 504 g/mol. The molecule has 2 aliphatic rings. The normalized spacial score (nSPS) is 20.1. The highest BCUT2D eigenvalue weighted by molar-refractivity contribution is 6.25. The molecule has 0 bridgehead atoms. The number of fused-ring (bicyclic) bond motifs is 2. The Kier molecular flexibility index (Phi) is 6.46. The molecule has 6 heteroatoms. The van der Waals surface area contributed by atoms with Crippen LogP contribution in [0.1, 0.15) is 65.4 Å². The number of hydrogen-bond acceptors (Lipinski definition) is 6. The number of ketones is 2. The molecule has 1 aromatic heterocycles. The van der Waals surface area contributed by atoms with Crippen LogP contribution in [0.25, 0.3) is 10.8 Å². The first-order chi connectivity index (χ1) is 18.6. The highest BCUT2D eigenvalue weighted by Crippen LogP contribution is 2.36. The van der Waals surface area contributed by atoms with Crippen LogP contribution in [-0.4, -0.2) is 27.5 Å². The number of aryl methyl sites for hydroxylation is 2. The summed E-state index contributed by atoms with van der Waals surface area (Å²) in [5, 5.41) is 17.4. The first kappa shape index (κ1) is 24.0. The molecule has 1 fully saturated rings. The number of aliphatic hydroxyl groups is 1. The molecule has 1 unspecified atom stereocenters. The van der Waals surface area contributed by atoms with Crippen molar-refractivity contribution in [1.29, 1.82) is 0 Å². The van der Waals surface area contributed by atoms with E-state index < -0.39 is 0 Å². The molecule has 3 aromatic carbocycles. The summed E-state index contributed by atoms with van der Waals surface area (Å²) in [6, 6.07) is 23.9. The zero-order valence-electron chi connectivity index (χ0n) is 21.0. The largest absolute Gasteiger partial charge is 0.511 e. The van der Waals surface area contributed by atoms with Crippen LogP contribution in [0.5, 0.6) is 0 Å². The van der Waals surface area contributed by atoms with Crippen LogP contribution in [0, 0.1) is 0 Å². The van der Waals surface area contributed by atoms with Crippen molar-refractivity contribution in [2.45, 2.75) is 50.9 Å². The number of nitrogens with zero attached hydrogens (tertiary/aromatic N) is 2. The second-order valence-corrected chi connectivity index (χ2v) is 10.0. The van der Waals surface area contributed by atoms with Gasteiger partial charge >= 0.3 is 0 Å². The second kappa shape index (κ2) is 10.2. The van der Waals surface area contributed by atoms with Gasteiger partial charge in [0.25, 0.3) is 0 Å². The van der Waals surface area contributed by atoms with Crippen molar-refractivity contribution in [2.75, 3.05) is 0 Å². The van der Waals surface area contributed by atoms with Crippen LogP contribution < -0.4 is 0 Å². The Morgan fingerprint density at radius 2 is 1.71 bits per heavy atom. The highest BCUT2D eigenvalue weighted by atomic mass is 16.5. The van der Waals surface area contributed by atoms with E-state index in [0.29, 0.717) is 54.8 Å². The summed E-state index contributed by atoms with van der Waals surface area (Å²) in [6.45, 7) is 0. The molecule has 1 atom stereocenters. The van der Waals surface area contributed by atoms with Crippen molar-refractivity contribution >= 4 is 33.7 Å². The maximum Gasteiger partial charge on any atom is 0.168 e. The molecule has 38 heavy (non-hydrogen) atoms. The molecule has 1 saturated carbocycles. The van der Waals surface area contributed by atoms with Gasteiger partial charge in [-0.05, 0) is 35.8 Å². The second-order valence-electron chi connectivity index (χ2n) is 10.0. The van der Waals surface area contributed by atoms with Crippen molar-refractivity contribution in [3.63, 3.8) is 0 Å². The van der Waals surface area contributed by atoms with Gasteiger partial charge in [0.2, 0.25) is 0 Å². The number of carbonyl (C=O) groups is 2. The summed E-state index contributed by atoms with van der Waals surface area (Å²) in [5.74, 6) is 0.503. The SMILES string of the molecule is O=C1CC(c2ccccc2)CC(=Nc2cccc3ccccc23)C1=C(O)CCc1noc2c1C(=O)CCC2. The molecular formula is C32H28N2O4. The van der Waals surface area contributed by atoms with E-state index in [1.807, 2.05) is 72.8 Å². The lowest BCUT2D eigenvalue weighted by Crippen LogP contribution is -2.26. The maximum atomic E-state index is 13.5. The van der Waals surface area contributed by atoms with Gasteiger partial charge in [0.15, 0.2) is 11.6 Å². The smallest absolute Gasteiger partial charge is 0.168 e. The summed E-state index contributed by atoms with van der Waals surface area (Å²) >= 11 is 0. The van der Waals surface area contributed by atoms with E-state index in [1.165, 1.54) is 0 Å². The Bertz CT molecular complexity index is 1590. The number of aliphatic hydroxyl groups excluding tert-OH is 1. The topological polar surface area (TPSA) is 92.8 Å². The lowest BCUT2D eigenvalue weighted by molar-refractivity contribution is -0.116. The Balaban J connectivity index is 1.38. The van der Waals surface area contributed by atoms with Gasteiger partial charge in [-0.2, -0.15) is 0 Å². The van der Waals surface area contributed by atoms with Crippen LogP contribution in [0.3, 0.4) is 0 Å². The number of carbonyl (C=O) groups excluding carboxylic acids is 2. The molecule has 1 heterocycles. The molecular weight excluding hydrogens is 476 g/mol. The summed E-state index contributed by atoms with van der Waals surface area (Å²) < 4.78 is 5.40. The van der Waals surface area contributed by atoms with Gasteiger partial charge in [0.1, 0.15) is 11.5 Å². The van der Waals surface area contributed by atoms with Gasteiger partial charge in [0, 0.05) is 37.5 Å². The Hall–Kier alpha value is -4.32. The minimum Gasteiger partial charge on any atom is -0.511 e. The number of hydrogen-bond donors (Lipinski definition) is 1. The highest BCUT2D eigenvalue weighted by Gasteiger charge is 2.33. The van der Waals surface area contributed by atoms with E-state index in [0.717, 1.165) is 28.4 Å². The molecule has 1 N–H and O–H groups in total. The predicted molar refractivity (Wildman–Crippen MR) is 146 cm³/mol. The van der Waals surface area contributed by atoms with Crippen molar-refractivity contribution in [1.82, 2.24) is 5.16 Å². The zero-order chi connectivity index (χ0) is 26.1. The summed E-state index contributed by atoms with van der Waals surface area (Å²) in [5.41, 5.74) is 3.82. The van der Waals surface area contributed by atoms with Gasteiger partial charge < -0.3 is 9.63 Å². The minimum atomic E-state index is -0.125. The van der Waals surface area contributed by atoms with E-state index in [4.69, 9.17) is 9.52 Å². The number of aromatic nitrogens is 1. The molecule has 0 spiro atoms. The average Bonchev–Trinajstić information content (AvgIpc) is 3.37. The van der Waals surface area contributed by atoms with Crippen molar-refractivity contribution in [2.24, 2.45) is 4.99 Å². The van der Waals surface area contributed by atoms with E-state index >= 15 is 0 Å². The molecule has 6 rings (SSSR count). The molecule has 0 amide bonds. The summed E-state index contributed by atoms with van der Waals surface area (Å²) in [4.78, 5) is 31.0. The van der Waals surface area contributed by atoms with E-state index in [-0.39, 0.29) is 35.2 Å². The molecule has 190 valence electrons. The third kappa shape index (κ3) is 4.58. The Morgan fingerprint density at radius 3 is 2.58 bits per heavy atom. The van der Waals surface area contributed by atoms with Crippen LogP contribution >= 0.6 is 0 Å². The molecule has 6 nitrogen and oxygen atoms in total. The quantitative estimate of drug-likeness (QED) is 0.233. The number of Topliss-reactive ketones (excluding diaryl/α,β-unsaturated/α-hetero) is 2. The number of allylic oxidation sites excluding steroid dienone is 2. The fraction of sp³-hybridized carbons (Fsp3) is 0.250. The molecule has 4 aromatic rings. The first-order valence-electron chi connectivity index (χ1n) is 13.1. The molecule has 0 radical (unpaired) electrons. The zero-order valence-corrected chi connectivity index (χ0v) is 21.0. The van der Waals surface area contributed by atoms with Gasteiger partial charge in [-0.3, -0.25) is 14.6 Å². The maximum absolute atomic E-state index is 13.5. The standard InChI is InChI=1S/C32H28N2O4/c35-27-14-7-15-30-32(27)25(34-38-30)16-17-28(36)31-26(18-22(19-29(31)37)20-8-2-1-3-9-20)33-24-13-6-11-21-10-4-5-12-23(21)24/h1-6,8-13,22,36H,7,14-19H2. The Labute approximate surface area is 220 Å². The van der Waals surface area contributed by atoms with Gasteiger partial charge in [-0.25, -0.2) is 0 Å². The molecule has 0 aliphatic heterocycles. The molecule has 0 saturated heterocycles. The van der Waals surface area contributed by atoms with Crippen LogP contribution in [0.15, 0.2) is 93.6 Å². The van der Waals surface area contributed by atoms with Gasteiger partial charge in [-0.1, -0.05) is 71.9 Å². The fourth-order valence-electron chi connectivity index (χ4n) is 5.65. The number of rotatable bonds is 5. The third-order valence-electron chi connectivity index (χ3n) is 7.54. The van der Waals surface area contributed by atoms with Crippen LogP contribution in [0.2, 0.25) is 0 Å². The molecule has 2 aliphatic carbocycles. The third-order valence-corrected chi connectivity index (χ3v) is 7.54. The number of aliphatic imine (C=N–C) groups is 1.